The van der Waals surface area contributed by atoms with Crippen molar-refractivity contribution >= 4 is 38.9 Å². The topological polar surface area (TPSA) is 39.1 Å². The third-order valence-electron chi connectivity index (χ3n) is 4.69. The van der Waals surface area contributed by atoms with Crippen molar-refractivity contribution in [3.63, 3.8) is 0 Å². The standard InChI is InChI=1S/C23H16BrNO2/c24-23-21(20(27)15-26)18-13-7-8-14-19(18)25(23)22(16-9-3-1-4-10-16)17-11-5-2-6-12-17/h1-15,22H. The van der Waals surface area contributed by atoms with Crippen LogP contribution in [-0.4, -0.2) is 16.6 Å². The monoisotopic (exact) mass is 417 g/mol. The molecule has 27 heavy (non-hydrogen) atoms. The van der Waals surface area contributed by atoms with Crippen molar-refractivity contribution in [3.05, 3.63) is 106 Å². The Balaban J connectivity index is 2.07. The highest BCUT2D eigenvalue weighted by Gasteiger charge is 2.26. The fourth-order valence-electron chi connectivity index (χ4n) is 3.54. The minimum Gasteiger partial charge on any atom is -0.323 e. The van der Waals surface area contributed by atoms with Crippen LogP contribution in [0.1, 0.15) is 27.5 Å². The predicted octanol–water partition coefficient (Wildman–Crippen LogP) is 5.42. The highest BCUT2D eigenvalue weighted by atomic mass is 79.9. The normalized spacial score (nSPS) is 11.0. The summed E-state index contributed by atoms with van der Waals surface area (Å²) in [5.41, 5.74) is 3.48. The molecule has 0 amide bonds. The number of carbonyl (C=O) groups is 2. The Hall–Kier alpha value is -2.98. The molecule has 0 N–H and O–H groups in total. The predicted molar refractivity (Wildman–Crippen MR) is 110 cm³/mol. The van der Waals surface area contributed by atoms with Crippen molar-refractivity contribution in [3.8, 4) is 0 Å². The lowest BCUT2D eigenvalue weighted by Gasteiger charge is -2.23. The lowest BCUT2D eigenvalue weighted by molar-refractivity contribution is -0.104. The number of hydrogen-bond acceptors (Lipinski definition) is 2. The van der Waals surface area contributed by atoms with Crippen molar-refractivity contribution in [1.29, 1.82) is 0 Å². The first kappa shape index (κ1) is 17.4. The zero-order valence-corrected chi connectivity index (χ0v) is 16.0. The zero-order chi connectivity index (χ0) is 18.8. The fraction of sp³-hybridized carbons (Fsp3) is 0.0435. The van der Waals surface area contributed by atoms with Crippen molar-refractivity contribution in [1.82, 2.24) is 4.57 Å². The summed E-state index contributed by atoms with van der Waals surface area (Å²) in [6, 6.07) is 27.8. The molecule has 132 valence electrons. The maximum Gasteiger partial charge on any atom is 0.228 e. The van der Waals surface area contributed by atoms with E-state index in [-0.39, 0.29) is 6.04 Å². The smallest absolute Gasteiger partial charge is 0.228 e. The van der Waals surface area contributed by atoms with Crippen molar-refractivity contribution in [2.45, 2.75) is 6.04 Å². The lowest BCUT2D eigenvalue weighted by atomic mass is 9.98. The van der Waals surface area contributed by atoms with Gasteiger partial charge in [-0.05, 0) is 33.1 Å². The summed E-state index contributed by atoms with van der Waals surface area (Å²) in [5.74, 6) is -0.531. The van der Waals surface area contributed by atoms with Gasteiger partial charge >= 0.3 is 0 Å². The molecule has 0 aliphatic rings. The second-order valence-electron chi connectivity index (χ2n) is 6.26. The number of hydrogen-bond donors (Lipinski definition) is 0. The number of nitrogens with zero attached hydrogens (tertiary/aromatic N) is 1. The SMILES string of the molecule is O=CC(=O)c1c(Br)n(C(c2ccccc2)c2ccccc2)c2ccccc12. The molecule has 4 rings (SSSR count). The highest BCUT2D eigenvalue weighted by molar-refractivity contribution is 9.10. The number of carbonyl (C=O) groups excluding carboxylic acids is 2. The van der Waals surface area contributed by atoms with Gasteiger partial charge in [0.2, 0.25) is 5.78 Å². The molecule has 4 heteroatoms. The van der Waals surface area contributed by atoms with Gasteiger partial charge in [-0.3, -0.25) is 9.59 Å². The number of benzene rings is 3. The van der Waals surface area contributed by atoms with E-state index < -0.39 is 5.78 Å². The zero-order valence-electron chi connectivity index (χ0n) is 14.4. The molecule has 0 saturated heterocycles. The van der Waals surface area contributed by atoms with E-state index in [9.17, 15) is 9.59 Å². The van der Waals surface area contributed by atoms with Gasteiger partial charge in [-0.1, -0.05) is 78.9 Å². The largest absolute Gasteiger partial charge is 0.323 e. The number of aromatic nitrogens is 1. The molecule has 0 radical (unpaired) electrons. The molecule has 4 aromatic rings. The molecule has 0 saturated carbocycles. The molecular formula is C23H16BrNO2. The first-order chi connectivity index (χ1) is 13.2. The molecule has 0 aliphatic carbocycles. The second-order valence-corrected chi connectivity index (χ2v) is 7.01. The Labute approximate surface area is 165 Å². The number of fused-ring (bicyclic) bond motifs is 1. The van der Waals surface area contributed by atoms with Crippen LogP contribution in [0.2, 0.25) is 0 Å². The van der Waals surface area contributed by atoms with E-state index in [4.69, 9.17) is 0 Å². The number of aldehydes is 1. The van der Waals surface area contributed by atoms with Crippen molar-refractivity contribution < 1.29 is 9.59 Å². The van der Waals surface area contributed by atoms with Gasteiger partial charge in [0.15, 0.2) is 6.29 Å². The van der Waals surface area contributed by atoms with Gasteiger partial charge in [0.05, 0.1) is 21.7 Å². The van der Waals surface area contributed by atoms with Gasteiger partial charge in [0, 0.05) is 5.39 Å². The van der Waals surface area contributed by atoms with Crippen LogP contribution < -0.4 is 0 Å². The first-order valence-corrected chi connectivity index (χ1v) is 9.39. The Morgan fingerprint density at radius 3 is 1.89 bits per heavy atom. The molecule has 1 heterocycles. The summed E-state index contributed by atoms with van der Waals surface area (Å²) >= 11 is 3.61. The summed E-state index contributed by atoms with van der Waals surface area (Å²) in [5, 5.41) is 0.762. The summed E-state index contributed by atoms with van der Waals surface area (Å²) in [6.07, 6.45) is 0.372. The van der Waals surface area contributed by atoms with Crippen LogP contribution in [0, 0.1) is 0 Å². The molecule has 0 unspecified atom stereocenters. The van der Waals surface area contributed by atoms with Gasteiger partial charge in [0.1, 0.15) is 0 Å². The Morgan fingerprint density at radius 2 is 1.33 bits per heavy atom. The van der Waals surface area contributed by atoms with Gasteiger partial charge in [-0.25, -0.2) is 0 Å². The third kappa shape index (κ3) is 3.02. The first-order valence-electron chi connectivity index (χ1n) is 8.60. The van der Waals surface area contributed by atoms with E-state index in [0.717, 1.165) is 22.0 Å². The van der Waals surface area contributed by atoms with Gasteiger partial charge in [0.25, 0.3) is 0 Å². The number of ketones is 1. The summed E-state index contributed by atoms with van der Waals surface area (Å²) in [7, 11) is 0. The van der Waals surface area contributed by atoms with Crippen LogP contribution in [0.15, 0.2) is 89.5 Å². The van der Waals surface area contributed by atoms with Crippen molar-refractivity contribution in [2.24, 2.45) is 0 Å². The molecule has 0 atom stereocenters. The molecule has 0 bridgehead atoms. The summed E-state index contributed by atoms with van der Waals surface area (Å²) < 4.78 is 2.69. The van der Waals surface area contributed by atoms with E-state index >= 15 is 0 Å². The van der Waals surface area contributed by atoms with Crippen LogP contribution in [0.5, 0.6) is 0 Å². The van der Waals surface area contributed by atoms with Crippen LogP contribution in [-0.2, 0) is 4.79 Å². The Bertz CT molecular complexity index is 1080. The number of rotatable bonds is 5. The van der Waals surface area contributed by atoms with Crippen LogP contribution >= 0.6 is 15.9 Å². The lowest BCUT2D eigenvalue weighted by Crippen LogP contribution is -2.13. The summed E-state index contributed by atoms with van der Waals surface area (Å²) in [6.45, 7) is 0. The second kappa shape index (κ2) is 7.33. The maximum absolute atomic E-state index is 12.3. The van der Waals surface area contributed by atoms with Gasteiger partial charge in [-0.2, -0.15) is 0 Å². The van der Waals surface area contributed by atoms with E-state index in [0.29, 0.717) is 16.5 Å². The molecule has 0 spiro atoms. The van der Waals surface area contributed by atoms with E-state index in [1.54, 1.807) is 0 Å². The molecule has 3 nitrogen and oxygen atoms in total. The fourth-order valence-corrected chi connectivity index (χ4v) is 4.34. The highest BCUT2D eigenvalue weighted by Crippen LogP contribution is 2.38. The van der Waals surface area contributed by atoms with Crippen LogP contribution in [0.25, 0.3) is 10.9 Å². The average Bonchev–Trinajstić information content (AvgIpc) is 3.01. The minimum absolute atomic E-state index is 0.139. The van der Waals surface area contributed by atoms with E-state index in [1.807, 2.05) is 60.7 Å². The Kier molecular flexibility index (Phi) is 4.73. The molecule has 1 aromatic heterocycles. The Morgan fingerprint density at radius 1 is 0.815 bits per heavy atom. The molecule has 0 aliphatic heterocycles. The average molecular weight is 418 g/mol. The maximum atomic E-state index is 12.3. The summed E-state index contributed by atoms with van der Waals surface area (Å²) in [4.78, 5) is 23.6. The molecule has 3 aromatic carbocycles. The van der Waals surface area contributed by atoms with Crippen molar-refractivity contribution in [2.75, 3.05) is 0 Å². The minimum atomic E-state index is -0.531. The van der Waals surface area contributed by atoms with Gasteiger partial charge in [-0.15, -0.1) is 0 Å². The number of halogens is 1. The van der Waals surface area contributed by atoms with Crippen LogP contribution in [0.4, 0.5) is 0 Å². The molecular weight excluding hydrogens is 402 g/mol. The third-order valence-corrected chi connectivity index (χ3v) is 5.47. The quantitative estimate of drug-likeness (QED) is 0.247. The van der Waals surface area contributed by atoms with Gasteiger partial charge < -0.3 is 4.57 Å². The van der Waals surface area contributed by atoms with E-state index in [2.05, 4.69) is 44.8 Å². The molecule has 0 fully saturated rings. The number of para-hydroxylation sites is 1. The number of Topliss-reactive ketones (excluding diaryl/α,β-unsaturated/α-hetero) is 1. The van der Waals surface area contributed by atoms with E-state index in [1.165, 1.54) is 0 Å². The van der Waals surface area contributed by atoms with Crippen LogP contribution in [0.3, 0.4) is 0 Å².